The number of nitrogens with one attached hydrogen (secondary N) is 1. The minimum absolute atomic E-state index is 0.630. The Morgan fingerprint density at radius 3 is 2.25 bits per heavy atom. The van der Waals surface area contributed by atoms with Crippen molar-refractivity contribution in [3.63, 3.8) is 0 Å². The zero-order valence-electron chi connectivity index (χ0n) is 12.9. The number of hydrogen-bond acceptors (Lipinski definition) is 1. The van der Waals surface area contributed by atoms with Gasteiger partial charge in [-0.15, -0.1) is 0 Å². The van der Waals surface area contributed by atoms with Crippen LogP contribution in [0, 0.1) is 0 Å². The fraction of sp³-hybridized carbons (Fsp3) is 0.667. The van der Waals surface area contributed by atoms with E-state index >= 15 is 0 Å². The molecule has 0 aromatic heterocycles. The lowest BCUT2D eigenvalue weighted by Gasteiger charge is -2.30. The number of likely N-dealkylation sites (tertiary alicyclic amines) is 1. The lowest BCUT2D eigenvalue weighted by atomic mass is 9.86. The van der Waals surface area contributed by atoms with Gasteiger partial charge in [-0.1, -0.05) is 43.7 Å². The van der Waals surface area contributed by atoms with Crippen molar-refractivity contribution in [1.29, 1.82) is 0 Å². The van der Waals surface area contributed by atoms with E-state index in [1.165, 1.54) is 38.8 Å². The van der Waals surface area contributed by atoms with Crippen LogP contribution in [0.15, 0.2) is 30.3 Å². The molecule has 1 atom stereocenters. The Hall–Kier alpha value is -0.860. The van der Waals surface area contributed by atoms with Crippen LogP contribution < -0.4 is 4.90 Å². The Bertz CT molecular complexity index is 370. The third kappa shape index (κ3) is 4.32. The molecule has 0 unspecified atom stereocenters. The summed E-state index contributed by atoms with van der Waals surface area (Å²) in [5, 5.41) is 11.1. The number of benzene rings is 1. The van der Waals surface area contributed by atoms with Crippen molar-refractivity contribution < 1.29 is 10.0 Å². The quantitative estimate of drug-likeness (QED) is 0.820. The van der Waals surface area contributed by atoms with Crippen LogP contribution in [-0.4, -0.2) is 24.7 Å². The molecule has 0 spiro atoms. The maximum Gasteiger partial charge on any atom is 0.0949 e. The van der Waals surface area contributed by atoms with E-state index in [1.807, 2.05) is 18.2 Å². The van der Waals surface area contributed by atoms with Gasteiger partial charge in [-0.2, -0.15) is 0 Å². The van der Waals surface area contributed by atoms with E-state index in [0.29, 0.717) is 0 Å². The minimum atomic E-state index is -0.630. The lowest BCUT2D eigenvalue weighted by Crippen LogP contribution is -3.12. The van der Waals surface area contributed by atoms with Gasteiger partial charge in [-0.05, 0) is 37.7 Å². The summed E-state index contributed by atoms with van der Waals surface area (Å²) in [6.45, 7) is 5.84. The Kier molecular flexibility index (Phi) is 6.06. The zero-order chi connectivity index (χ0) is 14.3. The van der Waals surface area contributed by atoms with E-state index in [0.717, 1.165) is 31.4 Å². The smallest absolute Gasteiger partial charge is 0.0949 e. The second-order valence-electron chi connectivity index (χ2n) is 6.31. The van der Waals surface area contributed by atoms with Crippen LogP contribution in [0.4, 0.5) is 0 Å². The van der Waals surface area contributed by atoms with Gasteiger partial charge in [0.1, 0.15) is 0 Å². The Morgan fingerprint density at radius 2 is 1.65 bits per heavy atom. The van der Waals surface area contributed by atoms with Crippen molar-refractivity contribution >= 4 is 0 Å². The second-order valence-corrected chi connectivity index (χ2v) is 6.31. The van der Waals surface area contributed by atoms with Crippen molar-refractivity contribution in [3.8, 4) is 0 Å². The standard InChI is InChI=1S/C18H29NO/c1-2-12-18(20,17-10-6-5-7-11-17)13-16-19-14-8-3-4-9-15-19/h5-7,10-11,20H,2-4,8-9,12-16H2,1H3/p+1/t18-/m0/s1. The zero-order valence-corrected chi connectivity index (χ0v) is 12.9. The van der Waals surface area contributed by atoms with E-state index in [9.17, 15) is 5.11 Å². The van der Waals surface area contributed by atoms with Crippen LogP contribution in [0.2, 0.25) is 0 Å². The molecule has 0 aliphatic carbocycles. The van der Waals surface area contributed by atoms with E-state index < -0.39 is 5.60 Å². The summed E-state index contributed by atoms with van der Waals surface area (Å²) >= 11 is 0. The molecule has 0 saturated carbocycles. The van der Waals surface area contributed by atoms with Crippen molar-refractivity contribution in [2.45, 2.75) is 57.5 Å². The lowest BCUT2D eigenvalue weighted by molar-refractivity contribution is -0.900. The topological polar surface area (TPSA) is 24.7 Å². The predicted molar refractivity (Wildman–Crippen MR) is 83.9 cm³/mol. The highest BCUT2D eigenvalue weighted by atomic mass is 16.3. The first-order valence-electron chi connectivity index (χ1n) is 8.36. The molecule has 2 N–H and O–H groups in total. The predicted octanol–water partition coefficient (Wildman–Crippen LogP) is 2.52. The van der Waals surface area contributed by atoms with Gasteiger partial charge in [0, 0.05) is 6.42 Å². The molecule has 2 heteroatoms. The van der Waals surface area contributed by atoms with Crippen LogP contribution in [0.25, 0.3) is 0 Å². The van der Waals surface area contributed by atoms with Gasteiger partial charge in [0.2, 0.25) is 0 Å². The van der Waals surface area contributed by atoms with Gasteiger partial charge in [0.05, 0.1) is 25.2 Å². The molecule has 1 aliphatic rings. The van der Waals surface area contributed by atoms with Crippen LogP contribution in [0.5, 0.6) is 0 Å². The third-order valence-electron chi connectivity index (χ3n) is 4.68. The molecular weight excluding hydrogens is 246 g/mol. The second kappa shape index (κ2) is 7.80. The molecule has 1 aromatic carbocycles. The highest BCUT2D eigenvalue weighted by Crippen LogP contribution is 2.29. The molecule has 1 aliphatic heterocycles. The average molecular weight is 276 g/mol. The summed E-state index contributed by atoms with van der Waals surface area (Å²) in [4.78, 5) is 1.69. The molecule has 2 nitrogen and oxygen atoms in total. The number of quaternary nitrogens is 1. The number of rotatable bonds is 6. The molecule has 2 rings (SSSR count). The Morgan fingerprint density at radius 1 is 1.00 bits per heavy atom. The molecule has 112 valence electrons. The van der Waals surface area contributed by atoms with E-state index in [4.69, 9.17) is 0 Å². The highest BCUT2D eigenvalue weighted by molar-refractivity contribution is 5.22. The first kappa shape index (κ1) is 15.5. The van der Waals surface area contributed by atoms with Crippen molar-refractivity contribution in [2.75, 3.05) is 19.6 Å². The van der Waals surface area contributed by atoms with Gasteiger partial charge >= 0.3 is 0 Å². The summed E-state index contributed by atoms with van der Waals surface area (Å²) in [6, 6.07) is 10.3. The molecule has 0 amide bonds. The molecule has 0 bridgehead atoms. The monoisotopic (exact) mass is 276 g/mol. The Labute approximate surface area is 123 Å². The first-order valence-corrected chi connectivity index (χ1v) is 8.36. The maximum absolute atomic E-state index is 11.1. The molecule has 1 aromatic rings. The highest BCUT2D eigenvalue weighted by Gasteiger charge is 2.29. The van der Waals surface area contributed by atoms with Crippen molar-refractivity contribution in [3.05, 3.63) is 35.9 Å². The van der Waals surface area contributed by atoms with E-state index in [-0.39, 0.29) is 0 Å². The van der Waals surface area contributed by atoms with Gasteiger partial charge < -0.3 is 10.0 Å². The number of hydrogen-bond donors (Lipinski definition) is 2. The van der Waals surface area contributed by atoms with Crippen LogP contribution >= 0.6 is 0 Å². The van der Waals surface area contributed by atoms with Crippen LogP contribution in [0.3, 0.4) is 0 Å². The summed E-state index contributed by atoms with van der Waals surface area (Å²) in [7, 11) is 0. The Balaban J connectivity index is 1.97. The summed E-state index contributed by atoms with van der Waals surface area (Å²) in [5.41, 5.74) is 0.464. The van der Waals surface area contributed by atoms with Crippen LogP contribution in [0.1, 0.15) is 57.4 Å². The van der Waals surface area contributed by atoms with Gasteiger partial charge in [0.25, 0.3) is 0 Å². The summed E-state index contributed by atoms with van der Waals surface area (Å²) in [6.07, 6.45) is 8.27. The summed E-state index contributed by atoms with van der Waals surface area (Å²) in [5.74, 6) is 0. The van der Waals surface area contributed by atoms with Crippen LogP contribution in [-0.2, 0) is 5.60 Å². The molecule has 20 heavy (non-hydrogen) atoms. The molecule has 0 radical (unpaired) electrons. The van der Waals surface area contributed by atoms with Gasteiger partial charge in [-0.25, -0.2) is 0 Å². The molecule has 1 fully saturated rings. The van der Waals surface area contributed by atoms with E-state index in [2.05, 4.69) is 19.1 Å². The van der Waals surface area contributed by atoms with E-state index in [1.54, 1.807) is 4.90 Å². The van der Waals surface area contributed by atoms with Crippen molar-refractivity contribution in [2.24, 2.45) is 0 Å². The van der Waals surface area contributed by atoms with Gasteiger partial charge in [-0.3, -0.25) is 0 Å². The maximum atomic E-state index is 11.1. The minimum Gasteiger partial charge on any atom is -0.385 e. The molecule has 1 saturated heterocycles. The van der Waals surface area contributed by atoms with Crippen molar-refractivity contribution in [1.82, 2.24) is 0 Å². The molecule has 1 heterocycles. The SMILES string of the molecule is CCC[C@](O)(CC[NH+]1CCCCCC1)c1ccccc1. The average Bonchev–Trinajstić information content (AvgIpc) is 2.75. The normalized spacial score (nSPS) is 20.3. The fourth-order valence-electron chi connectivity index (χ4n) is 3.44. The summed E-state index contributed by atoms with van der Waals surface area (Å²) < 4.78 is 0. The van der Waals surface area contributed by atoms with Gasteiger partial charge in [0.15, 0.2) is 0 Å². The largest absolute Gasteiger partial charge is 0.385 e. The number of aliphatic hydroxyl groups is 1. The molecular formula is C18H30NO+. The third-order valence-corrected chi connectivity index (χ3v) is 4.68. The first-order chi connectivity index (χ1) is 9.74. The fourth-order valence-corrected chi connectivity index (χ4v) is 3.44.